The van der Waals surface area contributed by atoms with Gasteiger partial charge >= 0.3 is 0 Å². The SMILES string of the molecule is CCN(CC)c1ccc2c(c1)nc1cc(N)ccc1[n+]2-c1ccccc1. The van der Waals surface area contributed by atoms with E-state index in [1.54, 1.807) is 0 Å². The van der Waals surface area contributed by atoms with Gasteiger partial charge in [0.1, 0.15) is 11.0 Å². The van der Waals surface area contributed by atoms with Crippen LogP contribution in [0.15, 0.2) is 66.7 Å². The summed E-state index contributed by atoms with van der Waals surface area (Å²) in [4.78, 5) is 7.24. The molecule has 0 radical (unpaired) electrons. The molecule has 1 heterocycles. The minimum absolute atomic E-state index is 0.726. The van der Waals surface area contributed by atoms with E-state index in [1.807, 2.05) is 24.3 Å². The predicted molar refractivity (Wildman–Crippen MR) is 109 cm³/mol. The van der Waals surface area contributed by atoms with Crippen molar-refractivity contribution < 1.29 is 4.57 Å². The van der Waals surface area contributed by atoms with Gasteiger partial charge in [-0.3, -0.25) is 0 Å². The van der Waals surface area contributed by atoms with Gasteiger partial charge in [0.05, 0.1) is 0 Å². The van der Waals surface area contributed by atoms with E-state index in [9.17, 15) is 0 Å². The van der Waals surface area contributed by atoms with E-state index in [1.165, 1.54) is 5.69 Å². The maximum absolute atomic E-state index is 6.02. The van der Waals surface area contributed by atoms with Crippen molar-refractivity contribution >= 4 is 33.4 Å². The average molecular weight is 343 g/mol. The number of hydrogen-bond acceptors (Lipinski definition) is 3. The van der Waals surface area contributed by atoms with Crippen LogP contribution in [0.4, 0.5) is 11.4 Å². The van der Waals surface area contributed by atoms with Crippen molar-refractivity contribution in [3.05, 3.63) is 66.7 Å². The molecule has 4 aromatic rings. The molecule has 4 heteroatoms. The lowest BCUT2D eigenvalue weighted by Crippen LogP contribution is -2.33. The fraction of sp³-hybridized carbons (Fsp3) is 0.182. The Kier molecular flexibility index (Phi) is 4.17. The average Bonchev–Trinajstić information content (AvgIpc) is 2.67. The molecule has 0 bridgehead atoms. The van der Waals surface area contributed by atoms with E-state index in [-0.39, 0.29) is 0 Å². The van der Waals surface area contributed by atoms with Crippen molar-refractivity contribution in [2.75, 3.05) is 23.7 Å². The van der Waals surface area contributed by atoms with Crippen molar-refractivity contribution in [3.63, 3.8) is 0 Å². The first-order valence-electron chi connectivity index (χ1n) is 9.06. The van der Waals surface area contributed by atoms with Crippen LogP contribution in [0, 0.1) is 0 Å². The van der Waals surface area contributed by atoms with Crippen LogP contribution in [-0.2, 0) is 0 Å². The lowest BCUT2D eigenvalue weighted by Gasteiger charge is -2.20. The Morgan fingerprint density at radius 3 is 2.19 bits per heavy atom. The molecular weight excluding hydrogens is 320 g/mol. The van der Waals surface area contributed by atoms with Gasteiger partial charge in [-0.05, 0) is 38.1 Å². The number of nitrogens with two attached hydrogens (primary N) is 1. The van der Waals surface area contributed by atoms with E-state index < -0.39 is 0 Å². The molecule has 0 unspecified atom stereocenters. The van der Waals surface area contributed by atoms with Gasteiger partial charge in [-0.25, -0.2) is 4.98 Å². The molecule has 0 aliphatic rings. The van der Waals surface area contributed by atoms with Crippen molar-refractivity contribution in [3.8, 4) is 5.69 Å². The van der Waals surface area contributed by atoms with E-state index in [0.717, 1.165) is 46.5 Å². The summed E-state index contributed by atoms with van der Waals surface area (Å²) in [6.45, 7) is 6.29. The number of nitrogen functional groups attached to an aromatic ring is 1. The highest BCUT2D eigenvalue weighted by atomic mass is 15.1. The summed E-state index contributed by atoms with van der Waals surface area (Å²) >= 11 is 0. The Morgan fingerprint density at radius 2 is 1.50 bits per heavy atom. The monoisotopic (exact) mass is 343 g/mol. The molecule has 0 atom stereocenters. The van der Waals surface area contributed by atoms with Gasteiger partial charge in [-0.1, -0.05) is 18.2 Å². The maximum atomic E-state index is 6.02. The van der Waals surface area contributed by atoms with Crippen molar-refractivity contribution in [1.82, 2.24) is 4.98 Å². The molecule has 130 valence electrons. The molecule has 0 saturated carbocycles. The normalized spacial score (nSPS) is 11.2. The number of nitrogens with zero attached hydrogens (tertiary/aromatic N) is 3. The second-order valence-electron chi connectivity index (χ2n) is 6.38. The number of fused-ring (bicyclic) bond motifs is 2. The first-order valence-corrected chi connectivity index (χ1v) is 9.06. The van der Waals surface area contributed by atoms with E-state index in [4.69, 9.17) is 10.7 Å². The van der Waals surface area contributed by atoms with Gasteiger partial charge in [0.2, 0.25) is 16.7 Å². The zero-order valence-corrected chi connectivity index (χ0v) is 15.2. The number of rotatable bonds is 4. The number of hydrogen-bond donors (Lipinski definition) is 1. The molecule has 4 nitrogen and oxygen atoms in total. The van der Waals surface area contributed by atoms with Crippen LogP contribution in [0.3, 0.4) is 0 Å². The fourth-order valence-electron chi connectivity index (χ4n) is 3.51. The zero-order valence-electron chi connectivity index (χ0n) is 15.2. The zero-order chi connectivity index (χ0) is 18.1. The summed E-state index contributed by atoms with van der Waals surface area (Å²) in [5, 5.41) is 0. The first-order chi connectivity index (χ1) is 12.7. The molecule has 4 rings (SSSR count). The Morgan fingerprint density at radius 1 is 0.846 bits per heavy atom. The van der Waals surface area contributed by atoms with Gasteiger partial charge in [0.15, 0.2) is 0 Å². The highest BCUT2D eigenvalue weighted by Crippen LogP contribution is 2.23. The number of aromatic nitrogens is 2. The topological polar surface area (TPSA) is 46.0 Å². The second kappa shape index (κ2) is 6.64. The van der Waals surface area contributed by atoms with E-state index >= 15 is 0 Å². The minimum Gasteiger partial charge on any atom is -0.399 e. The first kappa shape index (κ1) is 16.3. The molecule has 0 aliphatic heterocycles. The molecule has 0 saturated heterocycles. The number of anilines is 2. The van der Waals surface area contributed by atoms with Crippen molar-refractivity contribution in [2.24, 2.45) is 0 Å². The summed E-state index contributed by atoms with van der Waals surface area (Å²) in [6.07, 6.45) is 0. The number of para-hydroxylation sites is 1. The number of benzene rings is 3. The van der Waals surface area contributed by atoms with Crippen LogP contribution in [-0.4, -0.2) is 18.1 Å². The molecular formula is C22H23N4+. The summed E-state index contributed by atoms with van der Waals surface area (Å²) in [5.74, 6) is 0. The minimum atomic E-state index is 0.726. The second-order valence-corrected chi connectivity index (χ2v) is 6.38. The van der Waals surface area contributed by atoms with Crippen LogP contribution >= 0.6 is 0 Å². The van der Waals surface area contributed by atoms with Crippen LogP contribution < -0.4 is 15.2 Å². The molecule has 2 N–H and O–H groups in total. The van der Waals surface area contributed by atoms with Crippen LogP contribution in [0.25, 0.3) is 27.8 Å². The molecule has 3 aromatic carbocycles. The van der Waals surface area contributed by atoms with E-state index in [0.29, 0.717) is 0 Å². The summed E-state index contributed by atoms with van der Waals surface area (Å²) < 4.78 is 2.25. The highest BCUT2D eigenvalue weighted by molar-refractivity contribution is 5.86. The third-order valence-electron chi connectivity index (χ3n) is 4.82. The van der Waals surface area contributed by atoms with Crippen LogP contribution in [0.5, 0.6) is 0 Å². The Labute approximate surface area is 153 Å². The van der Waals surface area contributed by atoms with Gasteiger partial charge in [-0.2, -0.15) is 0 Å². The summed E-state index contributed by atoms with van der Waals surface area (Å²) in [7, 11) is 0. The fourth-order valence-corrected chi connectivity index (χ4v) is 3.51. The molecule has 0 spiro atoms. The van der Waals surface area contributed by atoms with Crippen LogP contribution in [0.2, 0.25) is 0 Å². The molecule has 0 amide bonds. The molecule has 1 aromatic heterocycles. The van der Waals surface area contributed by atoms with Gasteiger partial charge in [0, 0.05) is 48.7 Å². The van der Waals surface area contributed by atoms with Crippen molar-refractivity contribution in [1.29, 1.82) is 0 Å². The molecule has 0 fully saturated rings. The van der Waals surface area contributed by atoms with Gasteiger partial charge in [0.25, 0.3) is 0 Å². The van der Waals surface area contributed by atoms with Crippen molar-refractivity contribution in [2.45, 2.75) is 13.8 Å². The smallest absolute Gasteiger partial charge is 0.237 e. The molecule has 0 aliphatic carbocycles. The lowest BCUT2D eigenvalue weighted by molar-refractivity contribution is -0.538. The Bertz CT molecular complexity index is 1070. The predicted octanol–water partition coefficient (Wildman–Crippen LogP) is 4.09. The third kappa shape index (κ3) is 2.73. The van der Waals surface area contributed by atoms with Gasteiger partial charge < -0.3 is 10.6 Å². The van der Waals surface area contributed by atoms with Crippen LogP contribution in [0.1, 0.15) is 13.8 Å². The Hall–Kier alpha value is -3.14. The third-order valence-corrected chi connectivity index (χ3v) is 4.82. The van der Waals surface area contributed by atoms with E-state index in [2.05, 4.69) is 65.8 Å². The largest absolute Gasteiger partial charge is 0.399 e. The summed E-state index contributed by atoms with van der Waals surface area (Å²) in [6, 6.07) is 22.8. The molecule has 26 heavy (non-hydrogen) atoms. The standard InChI is InChI=1S/C22H23N4/c1-3-25(4-2)18-11-13-22-20(15-18)24-19-14-16(23)10-12-21(19)26(22)17-8-6-5-7-9-17/h5-15H,3-4,23H2,1-2H3/q+1. The van der Waals surface area contributed by atoms with Gasteiger partial charge in [-0.15, -0.1) is 4.57 Å². The maximum Gasteiger partial charge on any atom is 0.237 e. The quantitative estimate of drug-likeness (QED) is 0.345. The Balaban J connectivity index is 2.07. The summed E-state index contributed by atoms with van der Waals surface area (Å²) in [5.41, 5.74) is 13.1. The highest BCUT2D eigenvalue weighted by Gasteiger charge is 2.20. The lowest BCUT2D eigenvalue weighted by atomic mass is 10.2.